The number of hydrogen-bond donors (Lipinski definition) is 3. The van der Waals surface area contributed by atoms with Crippen molar-refractivity contribution in [2.75, 3.05) is 37.0 Å². The highest BCUT2D eigenvalue weighted by Crippen LogP contribution is 2.27. The van der Waals surface area contributed by atoms with Gasteiger partial charge in [-0.25, -0.2) is 0 Å². The Bertz CT molecular complexity index is 453. The monoisotopic (exact) mass is 278 g/mol. The average Bonchev–Trinajstić information content (AvgIpc) is 2.38. The normalized spacial score (nSPS) is 16.3. The summed E-state index contributed by atoms with van der Waals surface area (Å²) in [5, 5.41) is 15.5. The van der Waals surface area contributed by atoms with E-state index in [4.69, 9.17) is 4.74 Å². The van der Waals surface area contributed by atoms with Crippen LogP contribution in [0, 0.1) is 5.41 Å². The van der Waals surface area contributed by atoms with E-state index < -0.39 is 0 Å². The third kappa shape index (κ3) is 3.71. The zero-order chi connectivity index (χ0) is 14.4. The molecule has 5 heteroatoms. The van der Waals surface area contributed by atoms with Crippen LogP contribution in [0.1, 0.15) is 19.8 Å². The molecule has 1 aliphatic heterocycles. The number of carbonyl (C=O) groups is 1. The molecule has 1 amide bonds. The molecule has 0 atom stereocenters. The molecule has 1 saturated heterocycles. The van der Waals surface area contributed by atoms with Gasteiger partial charge in [0.1, 0.15) is 0 Å². The predicted octanol–water partition coefficient (Wildman–Crippen LogP) is 1.85. The quantitative estimate of drug-likeness (QED) is 0.712. The minimum Gasteiger partial charge on any atom is -0.396 e. The molecular weight excluding hydrogens is 256 g/mol. The molecule has 110 valence electrons. The molecule has 0 spiro atoms. The highest BCUT2D eigenvalue weighted by molar-refractivity contribution is 5.91. The first-order valence-corrected chi connectivity index (χ1v) is 7.00. The van der Waals surface area contributed by atoms with Crippen molar-refractivity contribution in [1.82, 2.24) is 0 Å². The summed E-state index contributed by atoms with van der Waals surface area (Å²) >= 11 is 0. The van der Waals surface area contributed by atoms with Gasteiger partial charge < -0.3 is 20.5 Å². The number of aliphatic hydroxyl groups is 1. The van der Waals surface area contributed by atoms with Crippen LogP contribution in [-0.4, -0.2) is 37.4 Å². The fraction of sp³-hybridized carbons (Fsp3) is 0.533. The Morgan fingerprint density at radius 1 is 1.40 bits per heavy atom. The van der Waals surface area contributed by atoms with Gasteiger partial charge in [-0.05, 0) is 24.6 Å². The standard InChI is InChI=1S/C15H22N2O3/c1-2-4-14(19)17-13-6-3-5-12(7-13)16-8-15(9-18)10-20-11-15/h3,5-7,16,18H,2,4,8-11H2,1H3,(H,17,19). The van der Waals surface area contributed by atoms with Crippen LogP contribution in [0.25, 0.3) is 0 Å². The van der Waals surface area contributed by atoms with E-state index in [9.17, 15) is 9.90 Å². The van der Waals surface area contributed by atoms with Crippen molar-refractivity contribution >= 4 is 17.3 Å². The number of benzene rings is 1. The lowest BCUT2D eigenvalue weighted by molar-refractivity contribution is -0.128. The zero-order valence-corrected chi connectivity index (χ0v) is 11.8. The molecule has 0 radical (unpaired) electrons. The van der Waals surface area contributed by atoms with Crippen LogP contribution in [0.15, 0.2) is 24.3 Å². The number of anilines is 2. The lowest BCUT2D eigenvalue weighted by Gasteiger charge is -2.40. The van der Waals surface area contributed by atoms with Gasteiger partial charge in [0.25, 0.3) is 0 Å². The minimum atomic E-state index is -0.165. The highest BCUT2D eigenvalue weighted by atomic mass is 16.5. The lowest BCUT2D eigenvalue weighted by Crippen LogP contribution is -2.50. The van der Waals surface area contributed by atoms with E-state index in [2.05, 4.69) is 10.6 Å². The predicted molar refractivity (Wildman–Crippen MR) is 78.8 cm³/mol. The molecule has 0 aliphatic carbocycles. The summed E-state index contributed by atoms with van der Waals surface area (Å²) in [5.41, 5.74) is 1.55. The summed E-state index contributed by atoms with van der Waals surface area (Å²) < 4.78 is 5.16. The molecule has 1 aromatic carbocycles. The number of amides is 1. The van der Waals surface area contributed by atoms with Crippen molar-refractivity contribution in [1.29, 1.82) is 0 Å². The molecule has 0 bridgehead atoms. The fourth-order valence-electron chi connectivity index (χ4n) is 2.09. The zero-order valence-electron chi connectivity index (χ0n) is 11.8. The Morgan fingerprint density at radius 3 is 2.75 bits per heavy atom. The Kier molecular flexibility index (Phi) is 4.98. The second-order valence-corrected chi connectivity index (χ2v) is 5.38. The Labute approximate surface area is 119 Å². The van der Waals surface area contributed by atoms with Gasteiger partial charge in [-0.15, -0.1) is 0 Å². The van der Waals surface area contributed by atoms with E-state index in [1.807, 2.05) is 31.2 Å². The molecule has 3 N–H and O–H groups in total. The average molecular weight is 278 g/mol. The molecule has 0 aromatic heterocycles. The van der Waals surface area contributed by atoms with Crippen LogP contribution >= 0.6 is 0 Å². The van der Waals surface area contributed by atoms with E-state index in [0.29, 0.717) is 26.2 Å². The number of hydrogen-bond acceptors (Lipinski definition) is 4. The van der Waals surface area contributed by atoms with E-state index in [0.717, 1.165) is 17.8 Å². The first-order chi connectivity index (χ1) is 9.67. The Balaban J connectivity index is 1.90. The topological polar surface area (TPSA) is 70.6 Å². The molecule has 2 rings (SSSR count). The third-order valence-corrected chi connectivity index (χ3v) is 3.44. The summed E-state index contributed by atoms with van der Waals surface area (Å²) in [4.78, 5) is 11.6. The summed E-state index contributed by atoms with van der Waals surface area (Å²) in [6.45, 7) is 3.93. The Morgan fingerprint density at radius 2 is 2.15 bits per heavy atom. The van der Waals surface area contributed by atoms with Gasteiger partial charge in [0.2, 0.25) is 5.91 Å². The summed E-state index contributed by atoms with van der Waals surface area (Å²) in [5.74, 6) is 0.0314. The molecule has 0 saturated carbocycles. The summed E-state index contributed by atoms with van der Waals surface area (Å²) in [7, 11) is 0. The molecule has 1 fully saturated rings. The van der Waals surface area contributed by atoms with Crippen molar-refractivity contribution in [3.63, 3.8) is 0 Å². The number of nitrogens with one attached hydrogen (secondary N) is 2. The minimum absolute atomic E-state index is 0.0314. The van der Waals surface area contributed by atoms with Gasteiger partial charge >= 0.3 is 0 Å². The maximum Gasteiger partial charge on any atom is 0.224 e. The van der Waals surface area contributed by atoms with Crippen LogP contribution in [0.4, 0.5) is 11.4 Å². The molecule has 1 aliphatic rings. The molecular formula is C15H22N2O3. The van der Waals surface area contributed by atoms with Gasteiger partial charge in [0, 0.05) is 24.3 Å². The van der Waals surface area contributed by atoms with Gasteiger partial charge in [-0.2, -0.15) is 0 Å². The Hall–Kier alpha value is -1.59. The molecule has 20 heavy (non-hydrogen) atoms. The van der Waals surface area contributed by atoms with Crippen molar-refractivity contribution in [3.8, 4) is 0 Å². The first-order valence-electron chi connectivity index (χ1n) is 7.00. The van der Waals surface area contributed by atoms with Crippen molar-refractivity contribution in [3.05, 3.63) is 24.3 Å². The fourth-order valence-corrected chi connectivity index (χ4v) is 2.09. The number of carbonyl (C=O) groups excluding carboxylic acids is 1. The lowest BCUT2D eigenvalue weighted by atomic mass is 9.87. The van der Waals surface area contributed by atoms with Gasteiger partial charge in [0.15, 0.2) is 0 Å². The molecule has 0 unspecified atom stereocenters. The second kappa shape index (κ2) is 6.72. The maximum atomic E-state index is 11.6. The molecule has 1 heterocycles. The summed E-state index contributed by atoms with van der Waals surface area (Å²) in [6, 6.07) is 7.61. The first kappa shape index (κ1) is 14.8. The molecule has 1 aromatic rings. The summed E-state index contributed by atoms with van der Waals surface area (Å²) in [6.07, 6.45) is 1.37. The van der Waals surface area contributed by atoms with Crippen molar-refractivity contribution in [2.45, 2.75) is 19.8 Å². The smallest absolute Gasteiger partial charge is 0.224 e. The van der Waals surface area contributed by atoms with E-state index in [-0.39, 0.29) is 17.9 Å². The molecule has 5 nitrogen and oxygen atoms in total. The maximum absolute atomic E-state index is 11.6. The second-order valence-electron chi connectivity index (χ2n) is 5.38. The third-order valence-electron chi connectivity index (χ3n) is 3.44. The SMILES string of the molecule is CCCC(=O)Nc1cccc(NCC2(CO)COC2)c1. The van der Waals surface area contributed by atoms with Crippen LogP contribution < -0.4 is 10.6 Å². The highest BCUT2D eigenvalue weighted by Gasteiger charge is 2.37. The largest absolute Gasteiger partial charge is 0.396 e. The van der Waals surface area contributed by atoms with Crippen LogP contribution in [-0.2, 0) is 9.53 Å². The number of rotatable bonds is 7. The van der Waals surface area contributed by atoms with E-state index in [1.165, 1.54) is 0 Å². The van der Waals surface area contributed by atoms with Gasteiger partial charge in [-0.1, -0.05) is 13.0 Å². The number of ether oxygens (including phenoxy) is 1. The number of aliphatic hydroxyl groups excluding tert-OH is 1. The van der Waals surface area contributed by atoms with Crippen LogP contribution in [0.2, 0.25) is 0 Å². The van der Waals surface area contributed by atoms with Gasteiger partial charge in [0.05, 0.1) is 25.2 Å². The van der Waals surface area contributed by atoms with Crippen LogP contribution in [0.5, 0.6) is 0 Å². The van der Waals surface area contributed by atoms with E-state index in [1.54, 1.807) is 0 Å². The van der Waals surface area contributed by atoms with Gasteiger partial charge in [-0.3, -0.25) is 4.79 Å². The van der Waals surface area contributed by atoms with Crippen molar-refractivity contribution in [2.24, 2.45) is 5.41 Å². The van der Waals surface area contributed by atoms with Crippen molar-refractivity contribution < 1.29 is 14.6 Å². The van der Waals surface area contributed by atoms with Crippen LogP contribution in [0.3, 0.4) is 0 Å². The van der Waals surface area contributed by atoms with E-state index >= 15 is 0 Å².